The summed E-state index contributed by atoms with van der Waals surface area (Å²) in [5.74, 6) is -0.205. The van der Waals surface area contributed by atoms with Crippen molar-refractivity contribution in [3.05, 3.63) is 123 Å². The molecule has 11 nitrogen and oxygen atoms in total. The molecule has 3 fully saturated rings. The van der Waals surface area contributed by atoms with E-state index in [1.54, 1.807) is 48.3 Å². The van der Waals surface area contributed by atoms with Gasteiger partial charge in [0.25, 0.3) is 5.91 Å². The first-order valence-electron chi connectivity index (χ1n) is 19.4. The molecule has 4 heterocycles. The van der Waals surface area contributed by atoms with E-state index in [1.807, 2.05) is 18.2 Å². The summed E-state index contributed by atoms with van der Waals surface area (Å²) in [7, 11) is 1.55. The van der Waals surface area contributed by atoms with Crippen LogP contribution >= 0.6 is 0 Å². The molecule has 1 saturated carbocycles. The van der Waals surface area contributed by atoms with Gasteiger partial charge in [0, 0.05) is 60.7 Å². The van der Waals surface area contributed by atoms with Crippen LogP contribution in [0.5, 0.6) is 11.5 Å². The first-order chi connectivity index (χ1) is 27.7. The Morgan fingerprint density at radius 2 is 1.72 bits per heavy atom. The lowest BCUT2D eigenvalue weighted by Gasteiger charge is -2.24. The van der Waals surface area contributed by atoms with Crippen molar-refractivity contribution in [2.75, 3.05) is 52.1 Å². The number of methoxy groups -OCH3 is 1. The van der Waals surface area contributed by atoms with Gasteiger partial charge in [0.1, 0.15) is 36.1 Å². The third-order valence-corrected chi connectivity index (χ3v) is 10.9. The minimum absolute atomic E-state index is 0.0922. The maximum atomic E-state index is 16.0. The van der Waals surface area contributed by atoms with Crippen molar-refractivity contribution in [1.82, 2.24) is 9.88 Å². The molecule has 3 aliphatic heterocycles. The number of hydrogen-bond donors (Lipinski definition) is 3. The van der Waals surface area contributed by atoms with Crippen LogP contribution < -0.4 is 31.3 Å². The Kier molecular flexibility index (Phi) is 11.5. The maximum Gasteiger partial charge on any atom is 0.261 e. The van der Waals surface area contributed by atoms with E-state index in [0.717, 1.165) is 42.4 Å². The summed E-state index contributed by atoms with van der Waals surface area (Å²) in [5.41, 5.74) is 9.11. The van der Waals surface area contributed by atoms with Gasteiger partial charge in [-0.25, -0.2) is 8.78 Å². The number of dihydropyridines is 1. The Bertz CT molecular complexity index is 2260. The Morgan fingerprint density at radius 3 is 2.46 bits per heavy atom. The highest BCUT2D eigenvalue weighted by Crippen LogP contribution is 2.41. The van der Waals surface area contributed by atoms with Crippen LogP contribution in [0, 0.1) is 17.6 Å². The van der Waals surface area contributed by atoms with E-state index in [9.17, 15) is 9.59 Å². The molecular weight excluding hydrogens is 735 g/mol. The largest absolute Gasteiger partial charge is 0.493 e. The monoisotopic (exact) mass is 780 g/mol. The lowest BCUT2D eigenvalue weighted by Crippen LogP contribution is -2.37. The van der Waals surface area contributed by atoms with E-state index in [-0.39, 0.29) is 40.0 Å². The summed E-state index contributed by atoms with van der Waals surface area (Å²) in [5, 5.41) is 5.80. The van der Waals surface area contributed by atoms with Gasteiger partial charge >= 0.3 is 0 Å². The summed E-state index contributed by atoms with van der Waals surface area (Å²) >= 11 is 0. The molecule has 4 aliphatic rings. The Labute approximate surface area is 329 Å². The highest BCUT2D eigenvalue weighted by Gasteiger charge is 2.27. The van der Waals surface area contributed by atoms with Crippen LogP contribution in [-0.2, 0) is 20.8 Å². The molecule has 4 aromatic rings. The molecular formula is C44H46F2N4O7. The number of carbonyl (C=O) groups excluding carboxylic acids is 1. The Hall–Kier alpha value is -5.34. The molecule has 1 amide bonds. The number of hydrogen-bond acceptors (Lipinski definition) is 9. The number of aromatic nitrogens is 1. The first-order valence-corrected chi connectivity index (χ1v) is 19.4. The number of benzene rings is 3. The van der Waals surface area contributed by atoms with Gasteiger partial charge in [-0.3, -0.25) is 9.59 Å². The number of amides is 1. The smallest absolute Gasteiger partial charge is 0.261 e. The topological polar surface area (TPSA) is 135 Å². The number of pyridine rings is 1. The number of nitrogens with zero attached hydrogens (tertiary/aromatic N) is 1. The van der Waals surface area contributed by atoms with Crippen molar-refractivity contribution in [3.63, 3.8) is 0 Å². The molecule has 0 bridgehead atoms. The zero-order chi connectivity index (χ0) is 39.5. The van der Waals surface area contributed by atoms with Gasteiger partial charge in [0.2, 0.25) is 5.43 Å². The molecule has 1 unspecified atom stereocenters. The number of carbonyl (C=O) groups is 1. The molecule has 4 N–H and O–H groups in total. The van der Waals surface area contributed by atoms with Crippen LogP contribution in [0.1, 0.15) is 58.6 Å². The fraction of sp³-hybridized carbons (Fsp3) is 0.364. The number of rotatable bonds is 12. The molecule has 2 atom stereocenters. The van der Waals surface area contributed by atoms with Crippen LogP contribution in [0.3, 0.4) is 0 Å². The summed E-state index contributed by atoms with van der Waals surface area (Å²) in [6.45, 7) is 3.64. The zero-order valence-corrected chi connectivity index (χ0v) is 31.7. The summed E-state index contributed by atoms with van der Waals surface area (Å²) in [4.78, 5) is 27.7. The average molecular weight is 781 g/mol. The normalized spacial score (nSPS) is 19.9. The second kappa shape index (κ2) is 17.0. The van der Waals surface area contributed by atoms with Crippen LogP contribution in [-0.4, -0.2) is 69.5 Å². The minimum atomic E-state index is -0.730. The number of ether oxygens (including phenoxy) is 5. The molecule has 298 valence electrons. The quantitative estimate of drug-likeness (QED) is 0.148. The summed E-state index contributed by atoms with van der Waals surface area (Å²) in [6.07, 6.45) is 9.46. The Balaban J connectivity index is 1.02. The maximum absolute atomic E-state index is 16.0. The van der Waals surface area contributed by atoms with Crippen LogP contribution in [0.15, 0.2) is 84.1 Å². The van der Waals surface area contributed by atoms with Crippen LogP contribution in [0.2, 0.25) is 0 Å². The second-order valence-electron chi connectivity index (χ2n) is 14.9. The molecule has 3 aromatic carbocycles. The fourth-order valence-corrected chi connectivity index (χ4v) is 7.53. The molecule has 1 aromatic heterocycles. The predicted octanol–water partition coefficient (Wildman–Crippen LogP) is 6.47. The number of nitrogens with one attached hydrogen (secondary N) is 2. The van der Waals surface area contributed by atoms with Crippen LogP contribution in [0.25, 0.3) is 22.3 Å². The molecule has 2 saturated heterocycles. The predicted molar refractivity (Wildman–Crippen MR) is 212 cm³/mol. The van der Waals surface area contributed by atoms with Crippen molar-refractivity contribution in [1.29, 1.82) is 0 Å². The summed E-state index contributed by atoms with van der Waals surface area (Å²) in [6, 6.07) is 14.7. The van der Waals surface area contributed by atoms with Crippen molar-refractivity contribution in [2.24, 2.45) is 11.7 Å². The average Bonchev–Trinajstić information content (AvgIpc) is 4.08. The van der Waals surface area contributed by atoms with Gasteiger partial charge in [-0.2, -0.15) is 0 Å². The standard InChI is InChI=1S/C44H46F2N4O7/c1-53-41-18-29(5-9-40(41)57-25-32-24-55-14-15-56-32)30-16-35(43(47)48-20-30)33-8-6-31(19-39(33)46)49-44(52)37-23-50(21-26-10-12-54-13-11-26)22-36(42(37)51)34-7-4-28(17-38(34)45)27-2-3-27/h4-9,16-20,22-23,26-27,32,43,48H,2-3,10-15,21,24-25,47H2,1H3,(H,49,52)/t32-,43?/m1/s1. The molecule has 13 heteroatoms. The number of allylic oxidation sites excluding steroid dienone is 2. The van der Waals surface area contributed by atoms with Crippen molar-refractivity contribution < 1.29 is 37.3 Å². The van der Waals surface area contributed by atoms with E-state index in [2.05, 4.69) is 10.6 Å². The molecule has 0 radical (unpaired) electrons. The molecule has 8 rings (SSSR count). The van der Waals surface area contributed by atoms with E-state index >= 15 is 8.78 Å². The van der Waals surface area contributed by atoms with E-state index in [1.165, 1.54) is 24.4 Å². The SMILES string of the molecule is COc1cc(C2=CNC(N)C(c3ccc(NC(=O)c4cn(CC5CCOCC5)cc(-c5ccc(C6CC6)cc5F)c4=O)cc3F)=C2)ccc1OC[C@H]1COCCO1. The lowest BCUT2D eigenvalue weighted by molar-refractivity contribution is -0.101. The number of anilines is 1. The minimum Gasteiger partial charge on any atom is -0.493 e. The van der Waals surface area contributed by atoms with Gasteiger partial charge in [0.05, 0.1) is 26.9 Å². The van der Waals surface area contributed by atoms with Gasteiger partial charge in [0.15, 0.2) is 11.5 Å². The van der Waals surface area contributed by atoms with Crippen molar-refractivity contribution in [2.45, 2.75) is 50.4 Å². The second-order valence-corrected chi connectivity index (χ2v) is 14.9. The van der Waals surface area contributed by atoms with Crippen molar-refractivity contribution in [3.8, 4) is 22.6 Å². The molecule has 0 spiro atoms. The van der Waals surface area contributed by atoms with Gasteiger partial charge in [-0.1, -0.05) is 18.2 Å². The zero-order valence-electron chi connectivity index (χ0n) is 31.7. The molecule has 57 heavy (non-hydrogen) atoms. The first kappa shape index (κ1) is 38.5. The Morgan fingerprint density at radius 1 is 0.912 bits per heavy atom. The third-order valence-electron chi connectivity index (χ3n) is 10.9. The highest BCUT2D eigenvalue weighted by molar-refractivity contribution is 6.04. The van der Waals surface area contributed by atoms with E-state index < -0.39 is 29.1 Å². The van der Waals surface area contributed by atoms with Gasteiger partial charge in [-0.15, -0.1) is 0 Å². The fourth-order valence-electron chi connectivity index (χ4n) is 7.53. The van der Waals surface area contributed by atoms with E-state index in [4.69, 9.17) is 29.4 Å². The molecule has 1 aliphatic carbocycles. The number of nitrogens with two attached hydrogens (primary N) is 1. The van der Waals surface area contributed by atoms with Gasteiger partial charge in [-0.05, 0) is 102 Å². The van der Waals surface area contributed by atoms with E-state index in [0.29, 0.717) is 69.2 Å². The van der Waals surface area contributed by atoms with Crippen molar-refractivity contribution >= 4 is 22.7 Å². The van der Waals surface area contributed by atoms with Crippen LogP contribution in [0.4, 0.5) is 14.5 Å². The third kappa shape index (κ3) is 8.81. The number of halogens is 2. The highest BCUT2D eigenvalue weighted by atomic mass is 19.1. The lowest BCUT2D eigenvalue weighted by atomic mass is 9.94. The summed E-state index contributed by atoms with van der Waals surface area (Å²) < 4.78 is 61.5. The van der Waals surface area contributed by atoms with Gasteiger partial charge < -0.3 is 44.6 Å².